The van der Waals surface area contributed by atoms with Crippen LogP contribution in [0.4, 0.5) is 0 Å². The van der Waals surface area contributed by atoms with Crippen molar-refractivity contribution in [1.82, 2.24) is 10.2 Å². The summed E-state index contributed by atoms with van der Waals surface area (Å²) in [5.74, 6) is 0.718. The standard InChI is InChI=1S/C9H13BrN2/c10-8-6-11-12-9(8)7-4-2-1-3-5-7/h6-7H,1-5H2,(H,11,12). The molecule has 1 aliphatic carbocycles. The minimum absolute atomic E-state index is 0.718. The largest absolute Gasteiger partial charge is 0.281 e. The molecule has 0 aromatic carbocycles. The van der Waals surface area contributed by atoms with Crippen LogP contribution in [-0.2, 0) is 0 Å². The van der Waals surface area contributed by atoms with E-state index >= 15 is 0 Å². The number of aromatic amines is 1. The van der Waals surface area contributed by atoms with Crippen LogP contribution in [0.3, 0.4) is 0 Å². The molecule has 0 aliphatic heterocycles. The summed E-state index contributed by atoms with van der Waals surface area (Å²) in [5.41, 5.74) is 1.30. The van der Waals surface area contributed by atoms with Gasteiger partial charge in [0.1, 0.15) is 0 Å². The number of rotatable bonds is 1. The first-order valence-electron chi connectivity index (χ1n) is 4.56. The van der Waals surface area contributed by atoms with E-state index in [0.29, 0.717) is 0 Å². The highest BCUT2D eigenvalue weighted by Gasteiger charge is 2.18. The second-order valence-electron chi connectivity index (χ2n) is 3.47. The molecule has 3 heteroatoms. The average Bonchev–Trinajstić information content (AvgIpc) is 2.53. The Kier molecular flexibility index (Phi) is 2.49. The molecule has 1 fully saturated rings. The van der Waals surface area contributed by atoms with Gasteiger partial charge in [-0.05, 0) is 28.8 Å². The molecule has 2 rings (SSSR count). The Morgan fingerprint density at radius 3 is 2.67 bits per heavy atom. The van der Waals surface area contributed by atoms with Crippen LogP contribution in [0.5, 0.6) is 0 Å². The zero-order valence-electron chi connectivity index (χ0n) is 7.02. The van der Waals surface area contributed by atoms with Gasteiger partial charge < -0.3 is 0 Å². The lowest BCUT2D eigenvalue weighted by Gasteiger charge is -2.20. The van der Waals surface area contributed by atoms with Crippen LogP contribution >= 0.6 is 15.9 Å². The van der Waals surface area contributed by atoms with E-state index in [-0.39, 0.29) is 0 Å². The molecule has 0 unspecified atom stereocenters. The predicted octanol–water partition coefficient (Wildman–Crippen LogP) is 3.22. The number of H-pyrrole nitrogens is 1. The Bertz CT molecular complexity index is 251. The van der Waals surface area contributed by atoms with Crippen LogP contribution in [0.25, 0.3) is 0 Å². The van der Waals surface area contributed by atoms with Crippen molar-refractivity contribution in [2.45, 2.75) is 38.0 Å². The monoisotopic (exact) mass is 228 g/mol. The van der Waals surface area contributed by atoms with Gasteiger partial charge in [0.15, 0.2) is 0 Å². The van der Waals surface area contributed by atoms with E-state index < -0.39 is 0 Å². The maximum absolute atomic E-state index is 4.03. The Morgan fingerprint density at radius 1 is 1.33 bits per heavy atom. The Morgan fingerprint density at radius 2 is 2.08 bits per heavy atom. The van der Waals surface area contributed by atoms with Crippen LogP contribution in [0.2, 0.25) is 0 Å². The van der Waals surface area contributed by atoms with Crippen LogP contribution in [-0.4, -0.2) is 10.2 Å². The maximum Gasteiger partial charge on any atom is 0.0632 e. The Hall–Kier alpha value is -0.310. The summed E-state index contributed by atoms with van der Waals surface area (Å²) in [6.07, 6.45) is 8.64. The molecule has 1 heterocycles. The molecule has 2 nitrogen and oxygen atoms in total. The molecule has 1 aliphatic rings. The lowest BCUT2D eigenvalue weighted by molar-refractivity contribution is 0.435. The van der Waals surface area contributed by atoms with Gasteiger partial charge in [0.2, 0.25) is 0 Å². The van der Waals surface area contributed by atoms with Gasteiger partial charge in [-0.15, -0.1) is 0 Å². The highest BCUT2D eigenvalue weighted by atomic mass is 79.9. The van der Waals surface area contributed by atoms with Crippen molar-refractivity contribution in [1.29, 1.82) is 0 Å². The van der Waals surface area contributed by atoms with Crippen molar-refractivity contribution in [3.8, 4) is 0 Å². The molecule has 0 spiro atoms. The number of nitrogens with one attached hydrogen (secondary N) is 1. The predicted molar refractivity (Wildman–Crippen MR) is 52.1 cm³/mol. The number of hydrogen-bond acceptors (Lipinski definition) is 1. The fraction of sp³-hybridized carbons (Fsp3) is 0.667. The number of aromatic nitrogens is 2. The minimum atomic E-state index is 0.718. The number of halogens is 1. The first-order chi connectivity index (χ1) is 5.88. The normalized spacial score (nSPS) is 19.8. The van der Waals surface area contributed by atoms with Crippen molar-refractivity contribution in [3.05, 3.63) is 16.4 Å². The lowest BCUT2D eigenvalue weighted by Crippen LogP contribution is -2.05. The van der Waals surface area contributed by atoms with Gasteiger partial charge >= 0.3 is 0 Å². The van der Waals surface area contributed by atoms with Gasteiger partial charge in [-0.25, -0.2) is 0 Å². The molecule has 0 atom stereocenters. The smallest absolute Gasteiger partial charge is 0.0632 e. The van der Waals surface area contributed by atoms with Gasteiger partial charge in [-0.3, -0.25) is 5.10 Å². The first-order valence-corrected chi connectivity index (χ1v) is 5.36. The summed E-state index contributed by atoms with van der Waals surface area (Å²) in [5, 5.41) is 7.10. The van der Waals surface area contributed by atoms with E-state index in [1.54, 1.807) is 0 Å². The summed E-state index contributed by atoms with van der Waals surface area (Å²) >= 11 is 3.51. The summed E-state index contributed by atoms with van der Waals surface area (Å²) < 4.78 is 1.15. The van der Waals surface area contributed by atoms with E-state index in [4.69, 9.17) is 0 Å². The average molecular weight is 229 g/mol. The second-order valence-corrected chi connectivity index (χ2v) is 4.32. The zero-order chi connectivity index (χ0) is 8.39. The number of hydrogen-bond donors (Lipinski definition) is 1. The van der Waals surface area contributed by atoms with Crippen molar-refractivity contribution in [2.75, 3.05) is 0 Å². The third-order valence-electron chi connectivity index (χ3n) is 2.63. The van der Waals surface area contributed by atoms with E-state index in [2.05, 4.69) is 26.1 Å². The van der Waals surface area contributed by atoms with Crippen LogP contribution in [0, 0.1) is 0 Å². The molecule has 0 bridgehead atoms. The lowest BCUT2D eigenvalue weighted by atomic mass is 9.87. The topological polar surface area (TPSA) is 28.7 Å². The summed E-state index contributed by atoms with van der Waals surface area (Å²) in [6.45, 7) is 0. The van der Waals surface area contributed by atoms with Gasteiger partial charge in [0.05, 0.1) is 16.4 Å². The minimum Gasteiger partial charge on any atom is -0.281 e. The molecule has 12 heavy (non-hydrogen) atoms. The third kappa shape index (κ3) is 1.56. The van der Waals surface area contributed by atoms with Gasteiger partial charge in [-0.2, -0.15) is 5.10 Å². The highest BCUT2D eigenvalue weighted by molar-refractivity contribution is 9.10. The van der Waals surface area contributed by atoms with Crippen molar-refractivity contribution >= 4 is 15.9 Å². The summed E-state index contributed by atoms with van der Waals surface area (Å²) in [4.78, 5) is 0. The van der Waals surface area contributed by atoms with Gasteiger partial charge in [0, 0.05) is 5.92 Å². The molecule has 1 aromatic rings. The third-order valence-corrected chi connectivity index (χ3v) is 3.27. The molecule has 0 radical (unpaired) electrons. The van der Waals surface area contributed by atoms with E-state index in [1.807, 2.05) is 6.20 Å². The Labute approximate surface area is 80.9 Å². The first kappa shape index (κ1) is 8.30. The van der Waals surface area contributed by atoms with Crippen LogP contribution in [0.1, 0.15) is 43.7 Å². The summed E-state index contributed by atoms with van der Waals surface area (Å²) in [7, 11) is 0. The van der Waals surface area contributed by atoms with Crippen molar-refractivity contribution in [3.63, 3.8) is 0 Å². The SMILES string of the molecule is Brc1cn[nH]c1C1CCCCC1. The fourth-order valence-corrected chi connectivity index (χ4v) is 2.47. The highest BCUT2D eigenvalue weighted by Crippen LogP contribution is 2.34. The molecule has 1 aromatic heterocycles. The molecular formula is C9H13BrN2. The number of nitrogens with zero attached hydrogens (tertiary/aromatic N) is 1. The molecule has 1 N–H and O–H groups in total. The molecule has 1 saturated carbocycles. The van der Waals surface area contributed by atoms with E-state index in [1.165, 1.54) is 37.8 Å². The molecular weight excluding hydrogens is 216 g/mol. The van der Waals surface area contributed by atoms with Crippen molar-refractivity contribution < 1.29 is 0 Å². The molecule has 0 saturated heterocycles. The van der Waals surface area contributed by atoms with Gasteiger partial charge in [0.25, 0.3) is 0 Å². The molecule has 66 valence electrons. The Balaban J connectivity index is 2.13. The maximum atomic E-state index is 4.03. The summed E-state index contributed by atoms with van der Waals surface area (Å²) in [6, 6.07) is 0. The fourth-order valence-electron chi connectivity index (χ4n) is 1.96. The quantitative estimate of drug-likeness (QED) is 0.786. The van der Waals surface area contributed by atoms with Crippen LogP contribution in [0.15, 0.2) is 10.7 Å². The van der Waals surface area contributed by atoms with Crippen LogP contribution < -0.4 is 0 Å². The van der Waals surface area contributed by atoms with E-state index in [0.717, 1.165) is 10.4 Å². The molecule has 0 amide bonds. The van der Waals surface area contributed by atoms with Gasteiger partial charge in [-0.1, -0.05) is 19.3 Å². The zero-order valence-corrected chi connectivity index (χ0v) is 8.60. The van der Waals surface area contributed by atoms with Crippen molar-refractivity contribution in [2.24, 2.45) is 0 Å². The second kappa shape index (κ2) is 3.60. The van der Waals surface area contributed by atoms with E-state index in [9.17, 15) is 0 Å².